The van der Waals surface area contributed by atoms with E-state index in [2.05, 4.69) is 15.6 Å². The number of nitrogens with zero attached hydrogens (tertiary/aromatic N) is 2. The largest absolute Gasteiger partial charge is 0.349 e. The Bertz CT molecular complexity index is 1100. The Kier molecular flexibility index (Phi) is 8.93. The molecule has 2 aromatic carbocycles. The summed E-state index contributed by atoms with van der Waals surface area (Å²) in [7, 11) is 0. The molecule has 0 spiro atoms. The van der Waals surface area contributed by atoms with Crippen LogP contribution in [0.5, 0.6) is 0 Å². The third-order valence-corrected chi connectivity index (χ3v) is 5.85. The first-order chi connectivity index (χ1) is 16.3. The van der Waals surface area contributed by atoms with Crippen LogP contribution in [-0.2, 0) is 16.0 Å². The fourth-order valence-electron chi connectivity index (χ4n) is 3.48. The highest BCUT2D eigenvalue weighted by atomic mass is 32.1. The highest BCUT2D eigenvalue weighted by Gasteiger charge is 2.20. The molecule has 0 aliphatic carbocycles. The first-order valence-corrected chi connectivity index (χ1v) is 12.1. The van der Waals surface area contributed by atoms with Gasteiger partial charge in [0.1, 0.15) is 6.54 Å². The second kappa shape index (κ2) is 12.1. The number of anilines is 1. The summed E-state index contributed by atoms with van der Waals surface area (Å²) in [5, 5.41) is 7.87. The zero-order chi connectivity index (χ0) is 24.5. The van der Waals surface area contributed by atoms with E-state index < -0.39 is 0 Å². The molecule has 0 saturated heterocycles. The number of rotatable bonds is 10. The molecular weight excluding hydrogens is 448 g/mol. The monoisotopic (exact) mass is 478 g/mol. The van der Waals surface area contributed by atoms with Gasteiger partial charge in [0.15, 0.2) is 5.13 Å². The molecule has 1 unspecified atom stereocenters. The molecule has 7 nitrogen and oxygen atoms in total. The van der Waals surface area contributed by atoms with Gasteiger partial charge in [0.05, 0.1) is 18.2 Å². The van der Waals surface area contributed by atoms with Gasteiger partial charge in [0.25, 0.3) is 5.91 Å². The van der Waals surface area contributed by atoms with Gasteiger partial charge in [-0.1, -0.05) is 62.4 Å². The standard InChI is InChI=1S/C26H30N4O3S/c1-18(2)15-30(25(33)21-12-8-5-9-13-21)16-24(32)29-26-28-22(17-34-26)14-23(31)27-19(3)20-10-6-4-7-11-20/h4-13,17-19H,14-16H2,1-3H3,(H,27,31)(H,28,29,32). The van der Waals surface area contributed by atoms with Gasteiger partial charge in [-0.05, 0) is 30.5 Å². The van der Waals surface area contributed by atoms with Gasteiger partial charge in [-0.2, -0.15) is 0 Å². The molecule has 178 valence electrons. The van der Waals surface area contributed by atoms with Crippen LogP contribution in [0.1, 0.15) is 48.4 Å². The Morgan fingerprint density at radius 2 is 1.59 bits per heavy atom. The van der Waals surface area contributed by atoms with Crippen molar-refractivity contribution in [3.8, 4) is 0 Å². The summed E-state index contributed by atoms with van der Waals surface area (Å²) in [4.78, 5) is 43.8. The summed E-state index contributed by atoms with van der Waals surface area (Å²) in [6.07, 6.45) is 0.121. The second-order valence-corrected chi connectivity index (χ2v) is 9.37. The van der Waals surface area contributed by atoms with Gasteiger partial charge in [-0.15, -0.1) is 11.3 Å². The highest BCUT2D eigenvalue weighted by Crippen LogP contribution is 2.17. The van der Waals surface area contributed by atoms with E-state index in [0.717, 1.165) is 5.56 Å². The topological polar surface area (TPSA) is 91.4 Å². The molecule has 0 bridgehead atoms. The first kappa shape index (κ1) is 25.1. The lowest BCUT2D eigenvalue weighted by Gasteiger charge is -2.24. The van der Waals surface area contributed by atoms with Crippen molar-refractivity contribution in [3.63, 3.8) is 0 Å². The molecule has 0 radical (unpaired) electrons. The first-order valence-electron chi connectivity index (χ1n) is 11.2. The molecule has 0 aliphatic rings. The molecule has 1 heterocycles. The number of amides is 3. The Morgan fingerprint density at radius 3 is 2.24 bits per heavy atom. The minimum absolute atomic E-state index is 0.0735. The smallest absolute Gasteiger partial charge is 0.254 e. The van der Waals surface area contributed by atoms with Crippen molar-refractivity contribution >= 4 is 34.2 Å². The summed E-state index contributed by atoms with van der Waals surface area (Å²) in [5.41, 5.74) is 2.15. The number of carbonyl (C=O) groups is 3. The van der Waals surface area contributed by atoms with Crippen molar-refractivity contribution in [2.75, 3.05) is 18.4 Å². The normalized spacial score (nSPS) is 11.6. The van der Waals surface area contributed by atoms with Crippen LogP contribution in [0.3, 0.4) is 0 Å². The molecule has 0 fully saturated rings. The van der Waals surface area contributed by atoms with Crippen LogP contribution in [0.25, 0.3) is 0 Å². The lowest BCUT2D eigenvalue weighted by atomic mass is 10.1. The predicted octanol–water partition coefficient (Wildman–Crippen LogP) is 4.30. The number of carbonyl (C=O) groups excluding carboxylic acids is 3. The number of hydrogen-bond donors (Lipinski definition) is 2. The number of benzene rings is 2. The molecule has 1 aromatic heterocycles. The molecule has 3 aromatic rings. The maximum Gasteiger partial charge on any atom is 0.254 e. The van der Waals surface area contributed by atoms with E-state index in [9.17, 15) is 14.4 Å². The zero-order valence-electron chi connectivity index (χ0n) is 19.7. The predicted molar refractivity (Wildman–Crippen MR) is 135 cm³/mol. The van der Waals surface area contributed by atoms with Gasteiger partial charge in [0, 0.05) is 17.5 Å². The quantitative estimate of drug-likeness (QED) is 0.455. The van der Waals surface area contributed by atoms with Crippen molar-refractivity contribution in [3.05, 3.63) is 82.9 Å². The Labute approximate surface area is 204 Å². The van der Waals surface area contributed by atoms with Crippen molar-refractivity contribution < 1.29 is 14.4 Å². The number of thiazole rings is 1. The molecule has 2 N–H and O–H groups in total. The zero-order valence-corrected chi connectivity index (χ0v) is 20.5. The third kappa shape index (κ3) is 7.52. The highest BCUT2D eigenvalue weighted by molar-refractivity contribution is 7.13. The average molecular weight is 479 g/mol. The summed E-state index contributed by atoms with van der Waals surface area (Å²) in [6.45, 7) is 6.32. The summed E-state index contributed by atoms with van der Waals surface area (Å²) in [5.74, 6) is -0.443. The van der Waals surface area contributed by atoms with Crippen LogP contribution in [0.15, 0.2) is 66.0 Å². The van der Waals surface area contributed by atoms with Crippen LogP contribution in [-0.4, -0.2) is 40.7 Å². The van der Waals surface area contributed by atoms with E-state index in [1.807, 2.05) is 57.2 Å². The minimum Gasteiger partial charge on any atom is -0.349 e. The summed E-state index contributed by atoms with van der Waals surface area (Å²) >= 11 is 1.25. The van der Waals surface area contributed by atoms with Gasteiger partial charge in [-0.25, -0.2) is 4.98 Å². The third-order valence-electron chi connectivity index (χ3n) is 5.04. The van der Waals surface area contributed by atoms with Crippen LogP contribution in [0.4, 0.5) is 5.13 Å². The maximum atomic E-state index is 12.9. The van der Waals surface area contributed by atoms with E-state index in [4.69, 9.17) is 0 Å². The molecule has 1 atom stereocenters. The van der Waals surface area contributed by atoms with Crippen LogP contribution in [0.2, 0.25) is 0 Å². The molecule has 3 amide bonds. The van der Waals surface area contributed by atoms with E-state index >= 15 is 0 Å². The van der Waals surface area contributed by atoms with Gasteiger partial charge < -0.3 is 15.5 Å². The van der Waals surface area contributed by atoms with Crippen LogP contribution < -0.4 is 10.6 Å². The van der Waals surface area contributed by atoms with E-state index in [1.54, 1.807) is 34.5 Å². The molecule has 8 heteroatoms. The second-order valence-electron chi connectivity index (χ2n) is 8.51. The van der Waals surface area contributed by atoms with Crippen molar-refractivity contribution in [1.29, 1.82) is 0 Å². The molecule has 0 aliphatic heterocycles. The fraction of sp³-hybridized carbons (Fsp3) is 0.308. The van der Waals surface area contributed by atoms with Gasteiger partial charge in [0.2, 0.25) is 11.8 Å². The van der Waals surface area contributed by atoms with E-state index in [-0.39, 0.29) is 42.6 Å². The average Bonchev–Trinajstić information content (AvgIpc) is 3.25. The van der Waals surface area contributed by atoms with Crippen molar-refractivity contribution in [2.45, 2.75) is 33.2 Å². The Hall–Kier alpha value is -3.52. The summed E-state index contributed by atoms with van der Waals surface area (Å²) < 4.78 is 0. The Balaban J connectivity index is 1.55. The van der Waals surface area contributed by atoms with Crippen LogP contribution in [0, 0.1) is 5.92 Å². The SMILES string of the molecule is CC(C)CN(CC(=O)Nc1nc(CC(=O)NC(C)c2ccccc2)cs1)C(=O)c1ccccc1. The molecule has 0 saturated carbocycles. The molecule has 3 rings (SSSR count). The van der Waals surface area contributed by atoms with Crippen LogP contribution >= 0.6 is 11.3 Å². The van der Waals surface area contributed by atoms with Gasteiger partial charge in [-0.3, -0.25) is 14.4 Å². The lowest BCUT2D eigenvalue weighted by Crippen LogP contribution is -2.40. The maximum absolute atomic E-state index is 12.9. The lowest BCUT2D eigenvalue weighted by molar-refractivity contribution is -0.121. The Morgan fingerprint density at radius 1 is 0.941 bits per heavy atom. The summed E-state index contributed by atoms with van der Waals surface area (Å²) in [6, 6.07) is 18.5. The number of aromatic nitrogens is 1. The number of nitrogens with one attached hydrogen (secondary N) is 2. The molecule has 34 heavy (non-hydrogen) atoms. The molecular formula is C26H30N4O3S. The van der Waals surface area contributed by atoms with Crippen molar-refractivity contribution in [2.24, 2.45) is 5.92 Å². The minimum atomic E-state index is -0.326. The van der Waals surface area contributed by atoms with E-state index in [1.165, 1.54) is 11.3 Å². The van der Waals surface area contributed by atoms with Crippen molar-refractivity contribution in [1.82, 2.24) is 15.2 Å². The van der Waals surface area contributed by atoms with Gasteiger partial charge >= 0.3 is 0 Å². The fourth-order valence-corrected chi connectivity index (χ4v) is 4.21. The van der Waals surface area contributed by atoms with E-state index in [0.29, 0.717) is 22.9 Å². The number of hydrogen-bond acceptors (Lipinski definition) is 5.